The van der Waals surface area contributed by atoms with E-state index in [-0.39, 0.29) is 11.3 Å². The van der Waals surface area contributed by atoms with Crippen molar-refractivity contribution in [3.05, 3.63) is 29.3 Å². The molecule has 0 aliphatic rings. The van der Waals surface area contributed by atoms with Gasteiger partial charge < -0.3 is 9.84 Å². The molecule has 1 aromatic carbocycles. The number of rotatable bonds is 2. The third kappa shape index (κ3) is 1.98. The van der Waals surface area contributed by atoms with Crippen LogP contribution < -0.4 is 4.74 Å². The molecule has 0 unspecified atom stereocenters. The van der Waals surface area contributed by atoms with Crippen LogP contribution in [-0.2, 0) is 12.8 Å². The molecule has 0 aromatic heterocycles. The summed E-state index contributed by atoms with van der Waals surface area (Å²) in [5, 5.41) is 8.79. The average molecular weight is 206 g/mol. The number of hydrogen-bond donors (Lipinski definition) is 1. The Morgan fingerprint density at radius 3 is 2.43 bits per heavy atom. The van der Waals surface area contributed by atoms with Gasteiger partial charge in [-0.1, -0.05) is 12.1 Å². The maximum atomic E-state index is 12.4. The van der Waals surface area contributed by atoms with Gasteiger partial charge in [0.15, 0.2) is 0 Å². The van der Waals surface area contributed by atoms with Crippen LogP contribution in [-0.4, -0.2) is 12.2 Å². The van der Waals surface area contributed by atoms with Gasteiger partial charge in [-0.25, -0.2) is 0 Å². The Kier molecular flexibility index (Phi) is 3.00. The second kappa shape index (κ2) is 3.88. The number of halogens is 3. The third-order valence-corrected chi connectivity index (χ3v) is 1.78. The summed E-state index contributed by atoms with van der Waals surface area (Å²) in [6.45, 7) is -0.479. The van der Waals surface area contributed by atoms with Crippen LogP contribution in [0.1, 0.15) is 11.1 Å². The van der Waals surface area contributed by atoms with Crippen LogP contribution >= 0.6 is 0 Å². The van der Waals surface area contributed by atoms with Gasteiger partial charge in [-0.3, -0.25) is 0 Å². The number of hydrogen-bond acceptors (Lipinski definition) is 2. The second-order valence-corrected chi connectivity index (χ2v) is 2.65. The van der Waals surface area contributed by atoms with E-state index < -0.39 is 18.3 Å². The fourth-order valence-electron chi connectivity index (χ4n) is 1.17. The highest BCUT2D eigenvalue weighted by molar-refractivity contribution is 5.42. The quantitative estimate of drug-likeness (QED) is 0.803. The van der Waals surface area contributed by atoms with E-state index in [0.717, 1.165) is 13.2 Å². The minimum absolute atomic E-state index is 0.127. The van der Waals surface area contributed by atoms with Gasteiger partial charge in [-0.05, 0) is 6.07 Å². The van der Waals surface area contributed by atoms with Gasteiger partial charge in [-0.15, -0.1) is 0 Å². The van der Waals surface area contributed by atoms with Crippen molar-refractivity contribution in [3.63, 3.8) is 0 Å². The van der Waals surface area contributed by atoms with Gasteiger partial charge in [0.1, 0.15) is 5.75 Å². The number of aliphatic hydroxyl groups excluding tert-OH is 1. The van der Waals surface area contributed by atoms with Crippen molar-refractivity contribution < 1.29 is 23.0 Å². The molecule has 0 fully saturated rings. The lowest BCUT2D eigenvalue weighted by Crippen LogP contribution is -2.09. The zero-order valence-electron chi connectivity index (χ0n) is 7.43. The lowest BCUT2D eigenvalue weighted by Gasteiger charge is -2.14. The lowest BCUT2D eigenvalue weighted by molar-refractivity contribution is -0.138. The topological polar surface area (TPSA) is 29.5 Å². The van der Waals surface area contributed by atoms with Gasteiger partial charge in [0.05, 0.1) is 19.3 Å². The van der Waals surface area contributed by atoms with Crippen LogP contribution in [0.2, 0.25) is 0 Å². The molecule has 0 saturated carbocycles. The Hall–Kier alpha value is -1.23. The van der Waals surface area contributed by atoms with E-state index in [1.165, 1.54) is 12.1 Å². The molecule has 0 bridgehead atoms. The van der Waals surface area contributed by atoms with Gasteiger partial charge in [0.25, 0.3) is 0 Å². The summed E-state index contributed by atoms with van der Waals surface area (Å²) in [5.41, 5.74) is -0.742. The molecule has 0 atom stereocenters. The van der Waals surface area contributed by atoms with Crippen molar-refractivity contribution in [2.24, 2.45) is 0 Å². The molecule has 0 amide bonds. The molecule has 0 heterocycles. The minimum atomic E-state index is -4.46. The first kappa shape index (κ1) is 10.8. The highest BCUT2D eigenvalue weighted by Crippen LogP contribution is 2.37. The van der Waals surface area contributed by atoms with Crippen molar-refractivity contribution in [2.45, 2.75) is 12.8 Å². The summed E-state index contributed by atoms with van der Waals surface area (Å²) in [6.07, 6.45) is -4.46. The Bertz CT molecular complexity index is 320. The van der Waals surface area contributed by atoms with Crippen molar-refractivity contribution in [1.82, 2.24) is 0 Å². The van der Waals surface area contributed by atoms with Crippen molar-refractivity contribution >= 4 is 0 Å². The van der Waals surface area contributed by atoms with Crippen LogP contribution in [0.25, 0.3) is 0 Å². The first-order chi connectivity index (χ1) is 6.50. The molecular weight excluding hydrogens is 197 g/mol. The summed E-state index contributed by atoms with van der Waals surface area (Å²) in [5.74, 6) is -0.317. The normalized spacial score (nSPS) is 11.5. The molecule has 0 radical (unpaired) electrons. The minimum Gasteiger partial charge on any atom is -0.496 e. The van der Waals surface area contributed by atoms with E-state index in [0.29, 0.717) is 0 Å². The van der Waals surface area contributed by atoms with Gasteiger partial charge in [0.2, 0.25) is 0 Å². The van der Waals surface area contributed by atoms with Crippen molar-refractivity contribution in [3.8, 4) is 5.75 Å². The summed E-state index contributed by atoms with van der Waals surface area (Å²) in [7, 11) is 1.14. The summed E-state index contributed by atoms with van der Waals surface area (Å²) in [4.78, 5) is 0. The Labute approximate surface area is 78.9 Å². The summed E-state index contributed by atoms with van der Waals surface area (Å²) in [6, 6.07) is 3.53. The van der Waals surface area contributed by atoms with E-state index in [1.807, 2.05) is 0 Å². The van der Waals surface area contributed by atoms with Crippen LogP contribution in [0.4, 0.5) is 13.2 Å². The fraction of sp³-hybridized carbons (Fsp3) is 0.333. The van der Waals surface area contributed by atoms with E-state index in [2.05, 4.69) is 4.74 Å². The van der Waals surface area contributed by atoms with Crippen LogP contribution in [0, 0.1) is 0 Å². The molecule has 2 nitrogen and oxygen atoms in total. The number of methoxy groups -OCH3 is 1. The molecule has 0 aliphatic carbocycles. The fourth-order valence-corrected chi connectivity index (χ4v) is 1.17. The number of benzene rings is 1. The van der Waals surface area contributed by atoms with E-state index in [4.69, 9.17) is 5.11 Å². The summed E-state index contributed by atoms with van der Waals surface area (Å²) < 4.78 is 41.8. The maximum absolute atomic E-state index is 12.4. The molecule has 5 heteroatoms. The smallest absolute Gasteiger partial charge is 0.419 e. The molecule has 14 heavy (non-hydrogen) atoms. The third-order valence-electron chi connectivity index (χ3n) is 1.78. The number of aliphatic hydroxyl groups is 1. The number of ether oxygens (including phenoxy) is 1. The summed E-state index contributed by atoms with van der Waals surface area (Å²) >= 11 is 0. The van der Waals surface area contributed by atoms with Crippen LogP contribution in [0.5, 0.6) is 5.75 Å². The average Bonchev–Trinajstić information content (AvgIpc) is 2.15. The first-order valence-electron chi connectivity index (χ1n) is 3.84. The molecule has 1 N–H and O–H groups in total. The van der Waals surface area contributed by atoms with Crippen LogP contribution in [0.15, 0.2) is 18.2 Å². The Morgan fingerprint density at radius 1 is 1.36 bits per heavy atom. The molecular formula is C9H9F3O2. The first-order valence-corrected chi connectivity index (χ1v) is 3.84. The molecule has 1 aromatic rings. The SMILES string of the molecule is COc1c(CO)cccc1C(F)(F)F. The van der Waals surface area contributed by atoms with Gasteiger partial charge >= 0.3 is 6.18 Å². The zero-order valence-corrected chi connectivity index (χ0v) is 7.43. The van der Waals surface area contributed by atoms with Crippen molar-refractivity contribution in [2.75, 3.05) is 7.11 Å². The Balaban J connectivity index is 3.29. The van der Waals surface area contributed by atoms with E-state index in [1.54, 1.807) is 0 Å². The molecule has 0 spiro atoms. The maximum Gasteiger partial charge on any atom is 0.419 e. The van der Waals surface area contributed by atoms with E-state index >= 15 is 0 Å². The lowest BCUT2D eigenvalue weighted by atomic mass is 10.1. The highest BCUT2D eigenvalue weighted by Gasteiger charge is 2.34. The van der Waals surface area contributed by atoms with Crippen LogP contribution in [0.3, 0.4) is 0 Å². The predicted molar refractivity (Wildman–Crippen MR) is 43.9 cm³/mol. The van der Waals surface area contributed by atoms with E-state index in [9.17, 15) is 13.2 Å². The van der Waals surface area contributed by atoms with Gasteiger partial charge in [0, 0.05) is 5.56 Å². The standard InChI is InChI=1S/C9H9F3O2/c1-14-8-6(5-13)3-2-4-7(8)9(10,11)12/h2-4,13H,5H2,1H3. The van der Waals surface area contributed by atoms with Crippen molar-refractivity contribution in [1.29, 1.82) is 0 Å². The molecule has 0 aliphatic heterocycles. The number of para-hydroxylation sites is 1. The largest absolute Gasteiger partial charge is 0.496 e. The molecule has 78 valence electrons. The predicted octanol–water partition coefficient (Wildman–Crippen LogP) is 2.21. The second-order valence-electron chi connectivity index (χ2n) is 2.65. The number of alkyl halides is 3. The molecule has 0 saturated heterocycles. The van der Waals surface area contributed by atoms with Gasteiger partial charge in [-0.2, -0.15) is 13.2 Å². The zero-order chi connectivity index (χ0) is 10.8. The monoisotopic (exact) mass is 206 g/mol. The highest BCUT2D eigenvalue weighted by atomic mass is 19.4. The Morgan fingerprint density at radius 2 is 2.00 bits per heavy atom. The molecule has 1 rings (SSSR count).